The quantitative estimate of drug-likeness (QED) is 0.662. The molecule has 104 valence electrons. The lowest BCUT2D eigenvalue weighted by Crippen LogP contribution is -2.08. The zero-order valence-electron chi connectivity index (χ0n) is 9.62. The normalized spacial score (nSPS) is 11.6. The number of nitrogens with two attached hydrogens (primary N) is 1. The molecule has 0 unspecified atom stereocenters. The largest absolute Gasteiger partial charge is 0.461 e. The lowest BCUT2D eigenvalue weighted by Gasteiger charge is -2.11. The lowest BCUT2D eigenvalue weighted by atomic mass is 10.3. The van der Waals surface area contributed by atoms with Gasteiger partial charge in [0.25, 0.3) is 0 Å². The molecule has 2 N–H and O–H groups in total. The third kappa shape index (κ3) is 4.82. The molecule has 0 heterocycles. The second kappa shape index (κ2) is 6.46. The van der Waals surface area contributed by atoms with E-state index < -0.39 is 24.1 Å². The minimum atomic E-state index is -3.13. The SMILES string of the molecule is C/C(=C\C(N)=O)Oc1cc(F)c(OC(F)F)cc1Br. The van der Waals surface area contributed by atoms with Crippen LogP contribution in [0.25, 0.3) is 0 Å². The summed E-state index contributed by atoms with van der Waals surface area (Å²) in [4.78, 5) is 10.6. The van der Waals surface area contributed by atoms with Gasteiger partial charge in [0.15, 0.2) is 11.6 Å². The fourth-order valence-electron chi connectivity index (χ4n) is 1.18. The molecule has 1 rings (SSSR count). The Bertz CT molecular complexity index is 520. The molecule has 0 radical (unpaired) electrons. The van der Waals surface area contributed by atoms with E-state index in [2.05, 4.69) is 20.7 Å². The molecule has 0 saturated carbocycles. The molecule has 1 amide bonds. The molecule has 0 saturated heterocycles. The summed E-state index contributed by atoms with van der Waals surface area (Å²) < 4.78 is 46.7. The molecule has 19 heavy (non-hydrogen) atoms. The van der Waals surface area contributed by atoms with Crippen LogP contribution in [0.15, 0.2) is 28.4 Å². The Hall–Kier alpha value is -1.70. The first kappa shape index (κ1) is 15.4. The number of alkyl halides is 2. The van der Waals surface area contributed by atoms with E-state index in [4.69, 9.17) is 10.5 Å². The van der Waals surface area contributed by atoms with Crippen LogP contribution in [0.1, 0.15) is 6.92 Å². The number of allylic oxidation sites excluding steroid dienone is 1. The summed E-state index contributed by atoms with van der Waals surface area (Å²) in [5, 5.41) is 0. The molecule has 1 aromatic carbocycles. The number of amides is 1. The maximum absolute atomic E-state index is 13.4. The summed E-state index contributed by atoms with van der Waals surface area (Å²) >= 11 is 3.01. The van der Waals surface area contributed by atoms with Gasteiger partial charge in [-0.05, 0) is 22.9 Å². The molecular formula is C11H9BrF3NO3. The van der Waals surface area contributed by atoms with Crippen LogP contribution in [0.2, 0.25) is 0 Å². The van der Waals surface area contributed by atoms with E-state index in [0.29, 0.717) is 0 Å². The van der Waals surface area contributed by atoms with Crippen molar-refractivity contribution in [2.75, 3.05) is 0 Å². The second-order valence-electron chi connectivity index (χ2n) is 3.35. The van der Waals surface area contributed by atoms with Crippen LogP contribution in [0.4, 0.5) is 13.2 Å². The number of ether oxygens (including phenoxy) is 2. The smallest absolute Gasteiger partial charge is 0.387 e. The van der Waals surface area contributed by atoms with Gasteiger partial charge in [0.2, 0.25) is 5.91 Å². The highest BCUT2D eigenvalue weighted by Crippen LogP contribution is 2.33. The van der Waals surface area contributed by atoms with E-state index in [0.717, 1.165) is 18.2 Å². The molecule has 8 heteroatoms. The molecule has 4 nitrogen and oxygen atoms in total. The number of halogens is 4. The fraction of sp³-hybridized carbons (Fsp3) is 0.182. The third-order valence-corrected chi connectivity index (χ3v) is 2.44. The van der Waals surface area contributed by atoms with Crippen LogP contribution in [0, 0.1) is 5.82 Å². The Morgan fingerprint density at radius 2 is 2.05 bits per heavy atom. The molecule has 0 bridgehead atoms. The predicted molar refractivity (Wildman–Crippen MR) is 64.3 cm³/mol. The average molecular weight is 340 g/mol. The fourth-order valence-corrected chi connectivity index (χ4v) is 1.58. The third-order valence-electron chi connectivity index (χ3n) is 1.82. The highest BCUT2D eigenvalue weighted by molar-refractivity contribution is 9.10. The van der Waals surface area contributed by atoms with Crippen LogP contribution in [0.5, 0.6) is 11.5 Å². The number of carbonyl (C=O) groups excluding carboxylic acids is 1. The van der Waals surface area contributed by atoms with Crippen molar-refractivity contribution >= 4 is 21.8 Å². The van der Waals surface area contributed by atoms with Gasteiger partial charge in [0.05, 0.1) is 4.47 Å². The minimum absolute atomic E-state index is 0.00545. The molecule has 0 aliphatic rings. The van der Waals surface area contributed by atoms with Crippen molar-refractivity contribution in [1.29, 1.82) is 0 Å². The van der Waals surface area contributed by atoms with Gasteiger partial charge in [0.1, 0.15) is 11.5 Å². The highest BCUT2D eigenvalue weighted by Gasteiger charge is 2.14. The maximum atomic E-state index is 13.4. The molecule has 0 spiro atoms. The van der Waals surface area contributed by atoms with Crippen molar-refractivity contribution in [2.45, 2.75) is 13.5 Å². The number of hydrogen-bond acceptors (Lipinski definition) is 3. The van der Waals surface area contributed by atoms with Crippen LogP contribution >= 0.6 is 15.9 Å². The van der Waals surface area contributed by atoms with Crippen molar-refractivity contribution in [3.8, 4) is 11.5 Å². The summed E-state index contributed by atoms with van der Waals surface area (Å²) in [6.45, 7) is -1.71. The first-order valence-electron chi connectivity index (χ1n) is 4.89. The van der Waals surface area contributed by atoms with Gasteiger partial charge in [0, 0.05) is 18.2 Å². The van der Waals surface area contributed by atoms with Gasteiger partial charge >= 0.3 is 6.61 Å². The Morgan fingerprint density at radius 3 is 2.58 bits per heavy atom. The Balaban J connectivity index is 2.99. The van der Waals surface area contributed by atoms with Crippen LogP contribution < -0.4 is 15.2 Å². The number of carbonyl (C=O) groups is 1. The van der Waals surface area contributed by atoms with E-state index in [-0.39, 0.29) is 16.0 Å². The molecule has 0 aromatic heterocycles. The standard InChI is InChI=1S/C11H9BrF3NO3/c1-5(2-10(16)17)18-8-4-7(13)9(3-6(8)12)19-11(14)15/h2-4,11H,1H3,(H2,16,17)/b5-2+. The monoisotopic (exact) mass is 339 g/mol. The van der Waals surface area contributed by atoms with Crippen LogP contribution in [-0.4, -0.2) is 12.5 Å². The van der Waals surface area contributed by atoms with Crippen molar-refractivity contribution in [3.63, 3.8) is 0 Å². The van der Waals surface area contributed by atoms with E-state index in [9.17, 15) is 18.0 Å². The van der Waals surface area contributed by atoms with Gasteiger partial charge in [-0.1, -0.05) is 0 Å². The van der Waals surface area contributed by atoms with Gasteiger partial charge < -0.3 is 15.2 Å². The first-order valence-corrected chi connectivity index (χ1v) is 5.68. The number of benzene rings is 1. The predicted octanol–water partition coefficient (Wildman–Crippen LogP) is 2.96. The molecule has 0 aliphatic carbocycles. The zero-order valence-corrected chi connectivity index (χ0v) is 11.2. The second-order valence-corrected chi connectivity index (χ2v) is 4.21. The summed E-state index contributed by atoms with van der Waals surface area (Å²) in [6.07, 6.45) is 0.994. The molecule has 1 aromatic rings. The molecule has 0 atom stereocenters. The van der Waals surface area contributed by atoms with Crippen molar-refractivity contribution < 1.29 is 27.4 Å². The van der Waals surface area contributed by atoms with Crippen molar-refractivity contribution in [1.82, 2.24) is 0 Å². The van der Waals surface area contributed by atoms with Gasteiger partial charge in [-0.2, -0.15) is 8.78 Å². The van der Waals surface area contributed by atoms with E-state index in [1.807, 2.05) is 0 Å². The van der Waals surface area contributed by atoms with Gasteiger partial charge in [-0.3, -0.25) is 4.79 Å². The van der Waals surface area contributed by atoms with E-state index in [1.54, 1.807) is 0 Å². The maximum Gasteiger partial charge on any atom is 0.387 e. The minimum Gasteiger partial charge on any atom is -0.461 e. The Morgan fingerprint density at radius 1 is 1.42 bits per heavy atom. The average Bonchev–Trinajstić information content (AvgIpc) is 2.23. The summed E-state index contributed by atoms with van der Waals surface area (Å²) in [6, 6.07) is 1.84. The first-order chi connectivity index (χ1) is 8.79. The molecular weight excluding hydrogens is 331 g/mol. The number of hydrogen-bond donors (Lipinski definition) is 1. The number of primary amides is 1. The lowest BCUT2D eigenvalue weighted by molar-refractivity contribution is -0.113. The number of rotatable bonds is 5. The van der Waals surface area contributed by atoms with Gasteiger partial charge in [-0.25, -0.2) is 4.39 Å². The van der Waals surface area contributed by atoms with E-state index in [1.165, 1.54) is 6.92 Å². The van der Waals surface area contributed by atoms with Crippen LogP contribution in [0.3, 0.4) is 0 Å². The Kier molecular flexibility index (Phi) is 5.22. The van der Waals surface area contributed by atoms with E-state index >= 15 is 0 Å². The topological polar surface area (TPSA) is 61.6 Å². The summed E-state index contributed by atoms with van der Waals surface area (Å²) in [5.74, 6) is -2.26. The van der Waals surface area contributed by atoms with Crippen LogP contribution in [-0.2, 0) is 4.79 Å². The molecule has 0 fully saturated rings. The summed E-state index contributed by atoms with van der Waals surface area (Å²) in [5.41, 5.74) is 4.91. The highest BCUT2D eigenvalue weighted by atomic mass is 79.9. The van der Waals surface area contributed by atoms with Crippen molar-refractivity contribution in [3.05, 3.63) is 34.3 Å². The van der Waals surface area contributed by atoms with Gasteiger partial charge in [-0.15, -0.1) is 0 Å². The van der Waals surface area contributed by atoms with Crippen molar-refractivity contribution in [2.24, 2.45) is 5.73 Å². The Labute approximate surface area is 115 Å². The zero-order chi connectivity index (χ0) is 14.6. The summed E-state index contributed by atoms with van der Waals surface area (Å²) in [7, 11) is 0. The molecule has 0 aliphatic heterocycles.